The monoisotopic (exact) mass is 390 g/mol. The Morgan fingerprint density at radius 3 is 2.48 bits per heavy atom. The number of nitrogens with zero attached hydrogens (tertiary/aromatic N) is 3. The van der Waals surface area contributed by atoms with Crippen molar-refractivity contribution in [3.05, 3.63) is 29.5 Å². The summed E-state index contributed by atoms with van der Waals surface area (Å²) in [4.78, 5) is 20.5. The summed E-state index contributed by atoms with van der Waals surface area (Å²) >= 11 is 0. The van der Waals surface area contributed by atoms with Crippen molar-refractivity contribution in [2.45, 2.75) is 45.6 Å². The van der Waals surface area contributed by atoms with Crippen molar-refractivity contribution in [3.8, 4) is 0 Å². The van der Waals surface area contributed by atoms with E-state index in [1.807, 2.05) is 20.8 Å². The van der Waals surface area contributed by atoms with Gasteiger partial charge in [0.15, 0.2) is 11.6 Å². The smallest absolute Gasteiger partial charge is 0.230 e. The first-order chi connectivity index (χ1) is 10.7. The number of nitrogen functional groups attached to an aromatic ring is 1. The molecular formula is C15H24Cl2N6O2. The molecule has 25 heavy (non-hydrogen) atoms. The number of nitrogens with two attached hydrogens (primary N) is 2. The van der Waals surface area contributed by atoms with Crippen LogP contribution in [0.4, 0.5) is 11.5 Å². The number of amides is 1. The highest BCUT2D eigenvalue weighted by atomic mass is 35.5. The molecule has 1 atom stereocenters. The van der Waals surface area contributed by atoms with Crippen molar-refractivity contribution in [1.82, 2.24) is 15.1 Å². The van der Waals surface area contributed by atoms with Crippen LogP contribution in [0.1, 0.15) is 51.0 Å². The zero-order chi connectivity index (χ0) is 17.2. The van der Waals surface area contributed by atoms with E-state index in [2.05, 4.69) is 20.4 Å². The lowest BCUT2D eigenvalue weighted by atomic mass is 9.96. The SMILES string of the molecule is C[C@@H](N)c1cc(CC(=O)Nc2cnc(C(C)(C)C)nc2N)no1.Cl.Cl. The quantitative estimate of drug-likeness (QED) is 0.729. The van der Waals surface area contributed by atoms with Crippen LogP contribution in [0.15, 0.2) is 16.8 Å². The van der Waals surface area contributed by atoms with Gasteiger partial charge in [-0.2, -0.15) is 0 Å². The highest BCUT2D eigenvalue weighted by Gasteiger charge is 2.19. The fourth-order valence-corrected chi connectivity index (χ4v) is 1.84. The molecule has 2 heterocycles. The van der Waals surface area contributed by atoms with E-state index >= 15 is 0 Å². The van der Waals surface area contributed by atoms with E-state index in [9.17, 15) is 4.79 Å². The lowest BCUT2D eigenvalue weighted by molar-refractivity contribution is -0.115. The van der Waals surface area contributed by atoms with Crippen LogP contribution in [0, 0.1) is 0 Å². The number of hydrogen-bond acceptors (Lipinski definition) is 7. The van der Waals surface area contributed by atoms with E-state index in [-0.39, 0.29) is 54.4 Å². The van der Waals surface area contributed by atoms with Crippen molar-refractivity contribution in [3.63, 3.8) is 0 Å². The molecule has 1 amide bonds. The summed E-state index contributed by atoms with van der Waals surface area (Å²) in [5.41, 5.74) is 12.2. The second kappa shape index (κ2) is 8.98. The van der Waals surface area contributed by atoms with Gasteiger partial charge in [-0.1, -0.05) is 25.9 Å². The zero-order valence-corrected chi connectivity index (χ0v) is 16.2. The molecule has 8 nitrogen and oxygen atoms in total. The summed E-state index contributed by atoms with van der Waals surface area (Å²) in [5.74, 6) is 1.10. The van der Waals surface area contributed by atoms with Crippen LogP contribution < -0.4 is 16.8 Å². The lowest BCUT2D eigenvalue weighted by Crippen LogP contribution is -2.20. The number of anilines is 2. The van der Waals surface area contributed by atoms with E-state index in [1.165, 1.54) is 6.20 Å². The van der Waals surface area contributed by atoms with Crippen LogP contribution in [0.2, 0.25) is 0 Å². The van der Waals surface area contributed by atoms with Gasteiger partial charge in [0.25, 0.3) is 0 Å². The van der Waals surface area contributed by atoms with Gasteiger partial charge in [0, 0.05) is 11.5 Å². The normalized spacial score (nSPS) is 11.9. The average Bonchev–Trinajstić information content (AvgIpc) is 2.88. The molecule has 0 unspecified atom stereocenters. The summed E-state index contributed by atoms with van der Waals surface area (Å²) in [7, 11) is 0. The van der Waals surface area contributed by atoms with Gasteiger partial charge in [-0.25, -0.2) is 9.97 Å². The number of nitrogens with one attached hydrogen (secondary N) is 1. The molecule has 0 bridgehead atoms. The van der Waals surface area contributed by atoms with E-state index < -0.39 is 0 Å². The Morgan fingerprint density at radius 2 is 2.00 bits per heavy atom. The van der Waals surface area contributed by atoms with Gasteiger partial charge in [-0.15, -0.1) is 24.8 Å². The summed E-state index contributed by atoms with van der Waals surface area (Å²) in [6.45, 7) is 7.74. The molecule has 0 fully saturated rings. The van der Waals surface area contributed by atoms with E-state index in [0.717, 1.165) is 0 Å². The molecule has 5 N–H and O–H groups in total. The fourth-order valence-electron chi connectivity index (χ4n) is 1.84. The lowest BCUT2D eigenvalue weighted by Gasteiger charge is -2.17. The molecule has 2 rings (SSSR count). The van der Waals surface area contributed by atoms with Gasteiger partial charge in [-0.3, -0.25) is 4.79 Å². The summed E-state index contributed by atoms with van der Waals surface area (Å²) in [5, 5.41) is 6.48. The Morgan fingerprint density at radius 1 is 1.36 bits per heavy atom. The number of rotatable bonds is 4. The molecule has 0 aliphatic rings. The minimum atomic E-state index is -0.284. The average molecular weight is 391 g/mol. The Hall–Kier alpha value is -1.90. The Balaban J connectivity index is 0.00000288. The fraction of sp³-hybridized carbons (Fsp3) is 0.467. The maximum atomic E-state index is 12.1. The first kappa shape index (κ1) is 23.1. The van der Waals surface area contributed by atoms with Crippen molar-refractivity contribution < 1.29 is 9.32 Å². The van der Waals surface area contributed by atoms with Gasteiger partial charge in [-0.05, 0) is 6.92 Å². The molecule has 0 aromatic carbocycles. The van der Waals surface area contributed by atoms with Gasteiger partial charge in [0.1, 0.15) is 11.5 Å². The Labute approximate surface area is 159 Å². The minimum absolute atomic E-state index is 0. The molecule has 2 aromatic rings. The summed E-state index contributed by atoms with van der Waals surface area (Å²) in [6, 6.07) is 1.39. The van der Waals surface area contributed by atoms with Gasteiger partial charge in [0.05, 0.1) is 24.4 Å². The standard InChI is InChI=1S/C15H22N6O2.2ClH/c1-8(16)11-5-9(21-23-11)6-12(22)19-10-7-18-14(15(2,3)4)20-13(10)17;;/h5,7-8H,6,16H2,1-4H3,(H,19,22)(H2,17,18,20);2*1H/t8-;;/m1../s1. The maximum absolute atomic E-state index is 12.1. The van der Waals surface area contributed by atoms with Gasteiger partial charge < -0.3 is 21.3 Å². The molecule has 0 radical (unpaired) electrons. The van der Waals surface area contributed by atoms with Gasteiger partial charge in [0.2, 0.25) is 5.91 Å². The van der Waals surface area contributed by atoms with Crippen LogP contribution >= 0.6 is 24.8 Å². The summed E-state index contributed by atoms with van der Waals surface area (Å²) < 4.78 is 5.05. The molecule has 0 aliphatic heterocycles. The minimum Gasteiger partial charge on any atom is -0.382 e. The van der Waals surface area contributed by atoms with Crippen molar-refractivity contribution in [1.29, 1.82) is 0 Å². The zero-order valence-electron chi connectivity index (χ0n) is 14.6. The molecule has 2 aromatic heterocycles. The predicted molar refractivity (Wildman–Crippen MR) is 101 cm³/mol. The number of carbonyl (C=O) groups is 1. The molecule has 0 aliphatic carbocycles. The molecule has 140 valence electrons. The topological polar surface area (TPSA) is 133 Å². The van der Waals surface area contributed by atoms with E-state index in [0.29, 0.717) is 23.0 Å². The highest BCUT2D eigenvalue weighted by molar-refractivity contribution is 5.94. The Kier molecular flexibility index (Phi) is 8.30. The van der Waals surface area contributed by atoms with E-state index in [1.54, 1.807) is 13.0 Å². The highest BCUT2D eigenvalue weighted by Crippen LogP contribution is 2.22. The number of hydrogen-bond donors (Lipinski definition) is 3. The first-order valence-electron chi connectivity index (χ1n) is 7.30. The molecule has 0 saturated carbocycles. The van der Waals surface area contributed by atoms with Crippen LogP contribution in [-0.2, 0) is 16.6 Å². The molecule has 0 spiro atoms. The first-order valence-corrected chi connectivity index (χ1v) is 7.30. The molecule has 0 saturated heterocycles. The number of aromatic nitrogens is 3. The number of halogens is 2. The van der Waals surface area contributed by atoms with Crippen LogP contribution in [0.3, 0.4) is 0 Å². The van der Waals surface area contributed by atoms with Gasteiger partial charge >= 0.3 is 0 Å². The maximum Gasteiger partial charge on any atom is 0.230 e. The van der Waals surface area contributed by atoms with E-state index in [4.69, 9.17) is 16.0 Å². The third kappa shape index (κ3) is 6.15. The van der Waals surface area contributed by atoms with Crippen LogP contribution in [0.25, 0.3) is 0 Å². The second-order valence-electron chi connectivity index (χ2n) is 6.48. The number of carbonyl (C=O) groups excluding carboxylic acids is 1. The van der Waals surface area contributed by atoms with Crippen LogP contribution in [0.5, 0.6) is 0 Å². The third-order valence-corrected chi connectivity index (χ3v) is 3.13. The van der Waals surface area contributed by atoms with Crippen molar-refractivity contribution in [2.24, 2.45) is 5.73 Å². The summed E-state index contributed by atoms with van der Waals surface area (Å²) in [6.07, 6.45) is 1.56. The largest absolute Gasteiger partial charge is 0.382 e. The predicted octanol–water partition coefficient (Wildman–Crippen LogP) is 2.39. The van der Waals surface area contributed by atoms with Crippen LogP contribution in [-0.4, -0.2) is 21.0 Å². The second-order valence-corrected chi connectivity index (χ2v) is 6.48. The third-order valence-electron chi connectivity index (χ3n) is 3.13. The van der Waals surface area contributed by atoms with Crippen molar-refractivity contribution in [2.75, 3.05) is 11.1 Å². The Bertz CT molecular complexity index is 712. The molecular weight excluding hydrogens is 367 g/mol. The molecule has 10 heteroatoms. The van der Waals surface area contributed by atoms with Crippen molar-refractivity contribution >= 4 is 42.2 Å².